The first-order valence-corrected chi connectivity index (χ1v) is 9.92. The SMILES string of the molecule is NC(=O)c1cc(NC(=O)CCc2nc3sc4c(c3c(=O)[nH]2)CCC4)cs1. The molecule has 0 radical (unpaired) electrons. The molecule has 4 N–H and O–H groups in total. The Balaban J connectivity index is 1.45. The molecular formula is C17H16N4O3S2. The second-order valence-electron chi connectivity index (χ2n) is 6.16. The van der Waals surface area contributed by atoms with E-state index in [1.54, 1.807) is 22.8 Å². The third kappa shape index (κ3) is 3.15. The summed E-state index contributed by atoms with van der Waals surface area (Å²) >= 11 is 2.76. The molecule has 0 unspecified atom stereocenters. The van der Waals surface area contributed by atoms with Gasteiger partial charge < -0.3 is 16.0 Å². The molecule has 134 valence electrons. The summed E-state index contributed by atoms with van der Waals surface area (Å²) in [6.45, 7) is 0. The highest BCUT2D eigenvalue weighted by Gasteiger charge is 2.21. The van der Waals surface area contributed by atoms with Crippen molar-refractivity contribution in [3.63, 3.8) is 0 Å². The molecule has 9 heteroatoms. The van der Waals surface area contributed by atoms with Crippen molar-refractivity contribution in [2.45, 2.75) is 32.1 Å². The fourth-order valence-electron chi connectivity index (χ4n) is 3.15. The molecule has 4 rings (SSSR count). The van der Waals surface area contributed by atoms with Gasteiger partial charge in [-0.05, 0) is 30.9 Å². The van der Waals surface area contributed by atoms with Crippen LogP contribution in [-0.4, -0.2) is 21.8 Å². The summed E-state index contributed by atoms with van der Waals surface area (Å²) in [6, 6.07) is 1.55. The summed E-state index contributed by atoms with van der Waals surface area (Å²) in [5.41, 5.74) is 6.77. The number of amides is 2. The minimum absolute atomic E-state index is 0.117. The quantitative estimate of drug-likeness (QED) is 0.621. The van der Waals surface area contributed by atoms with Gasteiger partial charge >= 0.3 is 0 Å². The minimum atomic E-state index is -0.520. The zero-order valence-corrected chi connectivity index (χ0v) is 15.4. The van der Waals surface area contributed by atoms with Crippen LogP contribution in [0.3, 0.4) is 0 Å². The lowest BCUT2D eigenvalue weighted by molar-refractivity contribution is -0.116. The normalized spacial score (nSPS) is 13.1. The van der Waals surface area contributed by atoms with Crippen LogP contribution in [0.4, 0.5) is 5.69 Å². The molecule has 0 saturated heterocycles. The third-order valence-electron chi connectivity index (χ3n) is 4.34. The molecular weight excluding hydrogens is 372 g/mol. The second-order valence-corrected chi connectivity index (χ2v) is 8.16. The van der Waals surface area contributed by atoms with Crippen LogP contribution in [0.2, 0.25) is 0 Å². The number of anilines is 1. The van der Waals surface area contributed by atoms with E-state index in [2.05, 4.69) is 15.3 Å². The number of primary amides is 1. The average Bonchev–Trinajstić information content (AvgIpc) is 3.27. The van der Waals surface area contributed by atoms with Crippen LogP contribution in [0.1, 0.15) is 38.8 Å². The van der Waals surface area contributed by atoms with Crippen molar-refractivity contribution in [1.29, 1.82) is 0 Å². The van der Waals surface area contributed by atoms with Crippen LogP contribution < -0.4 is 16.6 Å². The summed E-state index contributed by atoms with van der Waals surface area (Å²) < 4.78 is 0. The molecule has 0 aromatic carbocycles. The maximum atomic E-state index is 12.4. The number of aromatic nitrogens is 2. The Labute approximate surface area is 156 Å². The van der Waals surface area contributed by atoms with Gasteiger partial charge in [-0.15, -0.1) is 22.7 Å². The number of carbonyl (C=O) groups is 2. The van der Waals surface area contributed by atoms with Crippen molar-refractivity contribution in [3.8, 4) is 0 Å². The first kappa shape index (κ1) is 16.9. The molecule has 1 aliphatic rings. The van der Waals surface area contributed by atoms with Crippen molar-refractivity contribution in [3.05, 3.63) is 42.9 Å². The van der Waals surface area contributed by atoms with E-state index in [0.29, 0.717) is 28.2 Å². The molecule has 3 heterocycles. The van der Waals surface area contributed by atoms with Crippen molar-refractivity contribution >= 4 is 50.4 Å². The van der Waals surface area contributed by atoms with Crippen LogP contribution in [0.5, 0.6) is 0 Å². The fraction of sp³-hybridized carbons (Fsp3) is 0.294. The minimum Gasteiger partial charge on any atom is -0.365 e. The highest BCUT2D eigenvalue weighted by atomic mass is 32.1. The Morgan fingerprint density at radius 2 is 2.19 bits per heavy atom. The van der Waals surface area contributed by atoms with Crippen LogP contribution in [0.25, 0.3) is 10.2 Å². The number of nitrogens with one attached hydrogen (secondary N) is 2. The predicted octanol–water partition coefficient (Wildman–Crippen LogP) is 2.21. The van der Waals surface area contributed by atoms with E-state index in [1.807, 2.05) is 0 Å². The number of hydrogen-bond donors (Lipinski definition) is 3. The van der Waals surface area contributed by atoms with E-state index in [0.717, 1.165) is 29.7 Å². The number of H-pyrrole nitrogens is 1. The van der Waals surface area contributed by atoms with E-state index in [4.69, 9.17) is 5.73 Å². The molecule has 0 spiro atoms. The van der Waals surface area contributed by atoms with Gasteiger partial charge in [0.05, 0.1) is 16.0 Å². The summed E-state index contributed by atoms with van der Waals surface area (Å²) in [5.74, 6) is -0.218. The lowest BCUT2D eigenvalue weighted by Gasteiger charge is -2.03. The van der Waals surface area contributed by atoms with E-state index >= 15 is 0 Å². The number of rotatable bonds is 5. The zero-order valence-electron chi connectivity index (χ0n) is 13.8. The Morgan fingerprint density at radius 1 is 1.35 bits per heavy atom. The number of carbonyl (C=O) groups excluding carboxylic acids is 2. The zero-order chi connectivity index (χ0) is 18.3. The molecule has 2 amide bonds. The summed E-state index contributed by atoms with van der Waals surface area (Å²) in [4.78, 5) is 45.3. The highest BCUT2D eigenvalue weighted by molar-refractivity contribution is 7.18. The number of aromatic amines is 1. The van der Waals surface area contributed by atoms with Gasteiger partial charge in [-0.3, -0.25) is 14.4 Å². The van der Waals surface area contributed by atoms with E-state index in [9.17, 15) is 14.4 Å². The van der Waals surface area contributed by atoms with Gasteiger partial charge in [0.15, 0.2) is 0 Å². The Hall–Kier alpha value is -2.52. The van der Waals surface area contributed by atoms with Gasteiger partial charge in [0.25, 0.3) is 11.5 Å². The molecule has 1 aliphatic carbocycles. The van der Waals surface area contributed by atoms with Crippen LogP contribution in [0, 0.1) is 0 Å². The lowest BCUT2D eigenvalue weighted by Crippen LogP contribution is -2.16. The number of fused-ring (bicyclic) bond motifs is 3. The van der Waals surface area contributed by atoms with Gasteiger partial charge in [-0.2, -0.15) is 0 Å². The molecule has 3 aromatic heterocycles. The Kier molecular flexibility index (Phi) is 4.33. The van der Waals surface area contributed by atoms with Gasteiger partial charge in [-0.1, -0.05) is 0 Å². The largest absolute Gasteiger partial charge is 0.365 e. The van der Waals surface area contributed by atoms with E-state index in [1.165, 1.54) is 16.2 Å². The van der Waals surface area contributed by atoms with Crippen molar-refractivity contribution in [2.75, 3.05) is 5.32 Å². The smallest absolute Gasteiger partial charge is 0.259 e. The maximum Gasteiger partial charge on any atom is 0.259 e. The van der Waals surface area contributed by atoms with Crippen molar-refractivity contribution in [1.82, 2.24) is 9.97 Å². The topological polar surface area (TPSA) is 118 Å². The van der Waals surface area contributed by atoms with Crippen LogP contribution >= 0.6 is 22.7 Å². The van der Waals surface area contributed by atoms with Crippen LogP contribution in [0.15, 0.2) is 16.2 Å². The third-order valence-corrected chi connectivity index (χ3v) is 6.47. The summed E-state index contributed by atoms with van der Waals surface area (Å²) in [5, 5.41) is 5.10. The maximum absolute atomic E-state index is 12.4. The van der Waals surface area contributed by atoms with Crippen LogP contribution in [-0.2, 0) is 24.1 Å². The Bertz CT molecular complexity index is 1080. The van der Waals surface area contributed by atoms with Gasteiger partial charge in [0, 0.05) is 23.1 Å². The monoisotopic (exact) mass is 388 g/mol. The van der Waals surface area contributed by atoms with Gasteiger partial charge in [0.2, 0.25) is 5.91 Å². The van der Waals surface area contributed by atoms with E-state index < -0.39 is 5.91 Å². The standard InChI is InChI=1S/C17H16N4O3S2/c18-15(23)11-6-8(7-25-11)19-13(22)5-4-12-20-16(24)14-9-2-1-3-10(9)26-17(14)21-12/h6-7H,1-5H2,(H2,18,23)(H,19,22)(H,20,21,24). The summed E-state index contributed by atoms with van der Waals surface area (Å²) in [6.07, 6.45) is 3.57. The molecule has 3 aromatic rings. The second kappa shape index (κ2) is 6.65. The summed E-state index contributed by atoms with van der Waals surface area (Å²) in [7, 11) is 0. The first-order valence-electron chi connectivity index (χ1n) is 8.23. The molecule has 26 heavy (non-hydrogen) atoms. The molecule has 7 nitrogen and oxygen atoms in total. The molecule has 0 aliphatic heterocycles. The number of thiophene rings is 2. The van der Waals surface area contributed by atoms with Crippen molar-refractivity contribution in [2.24, 2.45) is 5.73 Å². The average molecular weight is 388 g/mol. The molecule has 0 atom stereocenters. The fourth-order valence-corrected chi connectivity index (χ4v) is 5.12. The van der Waals surface area contributed by atoms with Crippen molar-refractivity contribution < 1.29 is 9.59 Å². The Morgan fingerprint density at radius 3 is 2.96 bits per heavy atom. The number of aryl methyl sites for hydroxylation is 3. The molecule has 0 bridgehead atoms. The van der Waals surface area contributed by atoms with E-state index in [-0.39, 0.29) is 17.9 Å². The van der Waals surface area contributed by atoms with Gasteiger partial charge in [0.1, 0.15) is 10.7 Å². The highest BCUT2D eigenvalue weighted by Crippen LogP contribution is 2.34. The lowest BCUT2D eigenvalue weighted by atomic mass is 10.2. The molecule has 0 saturated carbocycles. The first-order chi connectivity index (χ1) is 12.5. The number of nitrogens with zero attached hydrogens (tertiary/aromatic N) is 1. The number of hydrogen-bond acceptors (Lipinski definition) is 6. The van der Waals surface area contributed by atoms with Gasteiger partial charge in [-0.25, -0.2) is 4.98 Å². The molecule has 0 fully saturated rings. The number of nitrogens with two attached hydrogens (primary N) is 1. The predicted molar refractivity (Wildman–Crippen MR) is 102 cm³/mol.